The van der Waals surface area contributed by atoms with Crippen LogP contribution in [-0.2, 0) is 0 Å². The summed E-state index contributed by atoms with van der Waals surface area (Å²) in [5.74, 6) is 0. The SMILES string of the molecule is Brc1cc(Br)cc(N(c2ccc(-c3ccccc3)cc2)c2cccc(-c3ccccc3)c2)c1. The molecule has 0 aliphatic heterocycles. The molecule has 0 aromatic heterocycles. The van der Waals surface area contributed by atoms with Crippen molar-refractivity contribution in [2.45, 2.75) is 0 Å². The van der Waals surface area contributed by atoms with Gasteiger partial charge < -0.3 is 4.90 Å². The van der Waals surface area contributed by atoms with Crippen LogP contribution < -0.4 is 4.90 Å². The Hall–Kier alpha value is -3.14. The molecule has 0 bridgehead atoms. The zero-order chi connectivity index (χ0) is 22.6. The van der Waals surface area contributed by atoms with Gasteiger partial charge in [0.2, 0.25) is 0 Å². The molecule has 5 aromatic carbocycles. The molecule has 0 fully saturated rings. The average Bonchev–Trinajstić information content (AvgIpc) is 2.85. The molecule has 33 heavy (non-hydrogen) atoms. The number of rotatable bonds is 5. The zero-order valence-electron chi connectivity index (χ0n) is 17.8. The van der Waals surface area contributed by atoms with Crippen LogP contribution in [0, 0.1) is 0 Å². The van der Waals surface area contributed by atoms with Crippen LogP contribution in [0.2, 0.25) is 0 Å². The highest BCUT2D eigenvalue weighted by molar-refractivity contribution is 9.11. The molecule has 5 aromatic rings. The van der Waals surface area contributed by atoms with E-state index in [1.54, 1.807) is 0 Å². The van der Waals surface area contributed by atoms with E-state index in [9.17, 15) is 0 Å². The standard InChI is InChI=1S/C30H21Br2N/c31-26-19-27(32)21-30(20-26)33(28-16-14-24(15-17-28)22-8-3-1-4-9-22)29-13-7-12-25(18-29)23-10-5-2-6-11-23/h1-21H. The van der Waals surface area contributed by atoms with Gasteiger partial charge in [-0.25, -0.2) is 0 Å². The fourth-order valence-electron chi connectivity index (χ4n) is 4.00. The zero-order valence-corrected chi connectivity index (χ0v) is 21.0. The maximum Gasteiger partial charge on any atom is 0.0484 e. The van der Waals surface area contributed by atoms with Crippen LogP contribution in [0.4, 0.5) is 17.1 Å². The molecule has 0 radical (unpaired) electrons. The Bertz CT molecular complexity index is 1340. The first-order valence-electron chi connectivity index (χ1n) is 10.7. The molecule has 5 rings (SSSR count). The van der Waals surface area contributed by atoms with E-state index in [1.807, 2.05) is 12.1 Å². The van der Waals surface area contributed by atoms with Crippen LogP contribution in [0.1, 0.15) is 0 Å². The van der Waals surface area contributed by atoms with Crippen molar-refractivity contribution in [3.05, 3.63) is 136 Å². The van der Waals surface area contributed by atoms with Crippen LogP contribution in [0.5, 0.6) is 0 Å². The van der Waals surface area contributed by atoms with E-state index in [2.05, 4.69) is 152 Å². The van der Waals surface area contributed by atoms with Gasteiger partial charge in [0.1, 0.15) is 0 Å². The summed E-state index contributed by atoms with van der Waals surface area (Å²) in [4.78, 5) is 2.29. The lowest BCUT2D eigenvalue weighted by Gasteiger charge is -2.26. The number of anilines is 3. The first-order chi connectivity index (χ1) is 16.2. The number of benzene rings is 5. The second kappa shape index (κ2) is 9.78. The summed E-state index contributed by atoms with van der Waals surface area (Å²) >= 11 is 7.33. The first-order valence-corrected chi connectivity index (χ1v) is 12.3. The summed E-state index contributed by atoms with van der Waals surface area (Å²) in [6.45, 7) is 0. The average molecular weight is 555 g/mol. The molecule has 0 N–H and O–H groups in total. The van der Waals surface area contributed by atoms with Crippen molar-refractivity contribution >= 4 is 48.9 Å². The van der Waals surface area contributed by atoms with Gasteiger partial charge in [-0.3, -0.25) is 0 Å². The van der Waals surface area contributed by atoms with Gasteiger partial charge in [0.05, 0.1) is 0 Å². The van der Waals surface area contributed by atoms with E-state index in [0.29, 0.717) is 0 Å². The Kier molecular flexibility index (Phi) is 6.43. The molecule has 0 saturated heterocycles. The highest BCUT2D eigenvalue weighted by atomic mass is 79.9. The molecule has 160 valence electrons. The molecular formula is C30H21Br2N. The second-order valence-corrected chi connectivity index (χ2v) is 9.62. The molecule has 0 aliphatic carbocycles. The maximum absolute atomic E-state index is 3.66. The van der Waals surface area contributed by atoms with Crippen molar-refractivity contribution in [3.63, 3.8) is 0 Å². The molecule has 0 unspecified atom stereocenters. The molecule has 0 saturated carbocycles. The van der Waals surface area contributed by atoms with Gasteiger partial charge >= 0.3 is 0 Å². The lowest BCUT2D eigenvalue weighted by Crippen LogP contribution is -2.10. The number of halogens is 2. The van der Waals surface area contributed by atoms with Crippen LogP contribution in [-0.4, -0.2) is 0 Å². The highest BCUT2D eigenvalue weighted by Crippen LogP contribution is 2.39. The molecule has 0 aliphatic rings. The van der Waals surface area contributed by atoms with Gasteiger partial charge in [-0.05, 0) is 64.7 Å². The van der Waals surface area contributed by atoms with Gasteiger partial charge in [0.25, 0.3) is 0 Å². The van der Waals surface area contributed by atoms with E-state index < -0.39 is 0 Å². The smallest absolute Gasteiger partial charge is 0.0484 e. The Balaban J connectivity index is 1.62. The summed E-state index contributed by atoms with van der Waals surface area (Å²) in [5, 5.41) is 0. The van der Waals surface area contributed by atoms with Crippen molar-refractivity contribution < 1.29 is 0 Å². The van der Waals surface area contributed by atoms with Crippen LogP contribution >= 0.6 is 31.9 Å². The Morgan fingerprint density at radius 2 is 0.879 bits per heavy atom. The Morgan fingerprint density at radius 3 is 1.48 bits per heavy atom. The van der Waals surface area contributed by atoms with E-state index in [-0.39, 0.29) is 0 Å². The van der Waals surface area contributed by atoms with Crippen LogP contribution in [0.25, 0.3) is 22.3 Å². The molecule has 0 heterocycles. The number of hydrogen-bond acceptors (Lipinski definition) is 1. The van der Waals surface area contributed by atoms with E-state index in [4.69, 9.17) is 0 Å². The molecule has 0 atom stereocenters. The third-order valence-corrected chi connectivity index (χ3v) is 6.47. The molecule has 1 nitrogen and oxygen atoms in total. The number of nitrogens with zero attached hydrogens (tertiary/aromatic N) is 1. The van der Waals surface area contributed by atoms with Gasteiger partial charge in [0.15, 0.2) is 0 Å². The van der Waals surface area contributed by atoms with Crippen molar-refractivity contribution in [1.82, 2.24) is 0 Å². The van der Waals surface area contributed by atoms with Gasteiger partial charge in [-0.2, -0.15) is 0 Å². The molecule has 0 spiro atoms. The lowest BCUT2D eigenvalue weighted by atomic mass is 10.0. The van der Waals surface area contributed by atoms with Gasteiger partial charge in [-0.1, -0.05) is 117 Å². The molecular weight excluding hydrogens is 534 g/mol. The summed E-state index contributed by atoms with van der Waals surface area (Å²) in [6.07, 6.45) is 0. The fraction of sp³-hybridized carbons (Fsp3) is 0. The van der Waals surface area contributed by atoms with Crippen LogP contribution in [0.3, 0.4) is 0 Å². The predicted molar refractivity (Wildman–Crippen MR) is 147 cm³/mol. The van der Waals surface area contributed by atoms with E-state index >= 15 is 0 Å². The van der Waals surface area contributed by atoms with Crippen molar-refractivity contribution in [3.8, 4) is 22.3 Å². The summed E-state index contributed by atoms with van der Waals surface area (Å²) < 4.78 is 2.05. The first kappa shape index (κ1) is 21.7. The van der Waals surface area contributed by atoms with Crippen molar-refractivity contribution in [2.75, 3.05) is 4.90 Å². The maximum atomic E-state index is 3.66. The van der Waals surface area contributed by atoms with E-state index in [0.717, 1.165) is 26.0 Å². The summed E-state index contributed by atoms with van der Waals surface area (Å²) in [6, 6.07) is 44.7. The molecule has 0 amide bonds. The third-order valence-electron chi connectivity index (χ3n) is 5.55. The normalized spacial score (nSPS) is 10.7. The summed E-state index contributed by atoms with van der Waals surface area (Å²) in [7, 11) is 0. The minimum atomic E-state index is 1.02. The van der Waals surface area contributed by atoms with Crippen molar-refractivity contribution in [2.24, 2.45) is 0 Å². The quantitative estimate of drug-likeness (QED) is 0.209. The Morgan fingerprint density at radius 1 is 0.364 bits per heavy atom. The monoisotopic (exact) mass is 553 g/mol. The van der Waals surface area contributed by atoms with Crippen LogP contribution in [0.15, 0.2) is 136 Å². The fourth-order valence-corrected chi connectivity index (χ4v) is 5.27. The summed E-state index contributed by atoms with van der Waals surface area (Å²) in [5.41, 5.74) is 8.09. The number of hydrogen-bond donors (Lipinski definition) is 0. The minimum Gasteiger partial charge on any atom is -0.310 e. The minimum absolute atomic E-state index is 1.02. The topological polar surface area (TPSA) is 3.24 Å². The predicted octanol–water partition coefficient (Wildman–Crippen LogP) is 10.0. The Labute approximate surface area is 211 Å². The largest absolute Gasteiger partial charge is 0.310 e. The van der Waals surface area contributed by atoms with Gasteiger partial charge in [0, 0.05) is 26.0 Å². The van der Waals surface area contributed by atoms with Crippen molar-refractivity contribution in [1.29, 1.82) is 0 Å². The third kappa shape index (κ3) is 4.95. The van der Waals surface area contributed by atoms with E-state index in [1.165, 1.54) is 22.3 Å². The lowest BCUT2D eigenvalue weighted by molar-refractivity contribution is 1.28. The van der Waals surface area contributed by atoms with Gasteiger partial charge in [-0.15, -0.1) is 0 Å². The second-order valence-electron chi connectivity index (χ2n) is 7.79. The molecule has 3 heteroatoms. The highest BCUT2D eigenvalue weighted by Gasteiger charge is 2.15.